The molecule has 3 nitrogen and oxygen atoms in total. The number of anilines is 2. The Kier molecular flexibility index (Phi) is 3.90. The van der Waals surface area contributed by atoms with Crippen molar-refractivity contribution in [3.05, 3.63) is 57.6 Å². The summed E-state index contributed by atoms with van der Waals surface area (Å²) in [4.78, 5) is 12.1. The fraction of sp³-hybridized carbons (Fsp3) is 0.133. The van der Waals surface area contributed by atoms with Crippen molar-refractivity contribution in [2.75, 3.05) is 11.1 Å². The van der Waals surface area contributed by atoms with Gasteiger partial charge in [-0.15, -0.1) is 0 Å². The lowest BCUT2D eigenvalue weighted by Gasteiger charge is -2.10. The molecular weight excluding hydrogens is 304 g/mol. The maximum absolute atomic E-state index is 12.1. The standard InChI is InChI=1S/C15H15BrN2O/c1-9-6-13(7-10(2)14(9)16)18-15(19)11-4-3-5-12(17)8-11/h3-8H,17H2,1-2H3,(H,18,19). The van der Waals surface area contributed by atoms with Crippen molar-refractivity contribution >= 4 is 33.2 Å². The Balaban J connectivity index is 2.24. The molecular formula is C15H15BrN2O. The minimum Gasteiger partial charge on any atom is -0.399 e. The molecule has 0 aliphatic carbocycles. The third kappa shape index (κ3) is 3.15. The van der Waals surface area contributed by atoms with Crippen molar-refractivity contribution in [2.24, 2.45) is 0 Å². The second-order valence-electron chi connectivity index (χ2n) is 4.50. The third-order valence-corrected chi connectivity index (χ3v) is 4.09. The first-order chi connectivity index (χ1) is 8.97. The number of rotatable bonds is 2. The molecule has 0 unspecified atom stereocenters. The second-order valence-corrected chi connectivity index (χ2v) is 5.30. The number of carbonyl (C=O) groups is 1. The molecule has 2 aromatic rings. The minimum absolute atomic E-state index is 0.159. The summed E-state index contributed by atoms with van der Waals surface area (Å²) in [6.07, 6.45) is 0. The third-order valence-electron chi connectivity index (χ3n) is 2.84. The monoisotopic (exact) mass is 318 g/mol. The Labute approximate surface area is 121 Å². The van der Waals surface area contributed by atoms with E-state index in [0.29, 0.717) is 11.3 Å². The smallest absolute Gasteiger partial charge is 0.255 e. The van der Waals surface area contributed by atoms with Crippen LogP contribution in [-0.2, 0) is 0 Å². The van der Waals surface area contributed by atoms with E-state index in [0.717, 1.165) is 21.3 Å². The lowest BCUT2D eigenvalue weighted by Crippen LogP contribution is -2.12. The van der Waals surface area contributed by atoms with Gasteiger partial charge in [0, 0.05) is 21.4 Å². The molecule has 0 bridgehead atoms. The van der Waals surface area contributed by atoms with Crippen LogP contribution in [0.15, 0.2) is 40.9 Å². The van der Waals surface area contributed by atoms with E-state index in [9.17, 15) is 4.79 Å². The van der Waals surface area contributed by atoms with E-state index in [1.807, 2.05) is 26.0 Å². The number of benzene rings is 2. The van der Waals surface area contributed by atoms with Crippen LogP contribution >= 0.6 is 15.9 Å². The molecule has 0 spiro atoms. The number of hydrogen-bond donors (Lipinski definition) is 2. The van der Waals surface area contributed by atoms with Gasteiger partial charge in [0.25, 0.3) is 5.91 Å². The number of amides is 1. The summed E-state index contributed by atoms with van der Waals surface area (Å²) in [6, 6.07) is 10.8. The number of halogens is 1. The van der Waals surface area contributed by atoms with Gasteiger partial charge < -0.3 is 11.1 Å². The summed E-state index contributed by atoms with van der Waals surface area (Å²) in [7, 11) is 0. The first kappa shape index (κ1) is 13.6. The van der Waals surface area contributed by atoms with E-state index < -0.39 is 0 Å². The van der Waals surface area contributed by atoms with E-state index in [1.54, 1.807) is 24.3 Å². The largest absolute Gasteiger partial charge is 0.399 e. The van der Waals surface area contributed by atoms with Gasteiger partial charge in [-0.1, -0.05) is 22.0 Å². The van der Waals surface area contributed by atoms with Crippen LogP contribution in [0.5, 0.6) is 0 Å². The molecule has 0 aromatic heterocycles. The fourth-order valence-corrected chi connectivity index (χ4v) is 2.13. The van der Waals surface area contributed by atoms with E-state index >= 15 is 0 Å². The number of nitrogen functional groups attached to an aromatic ring is 1. The summed E-state index contributed by atoms with van der Waals surface area (Å²) in [5, 5.41) is 2.88. The molecule has 0 fully saturated rings. The van der Waals surface area contributed by atoms with Crippen LogP contribution in [-0.4, -0.2) is 5.91 Å². The van der Waals surface area contributed by atoms with Crippen LogP contribution in [0.2, 0.25) is 0 Å². The van der Waals surface area contributed by atoms with E-state index in [-0.39, 0.29) is 5.91 Å². The zero-order valence-corrected chi connectivity index (χ0v) is 12.4. The molecule has 1 amide bonds. The highest BCUT2D eigenvalue weighted by molar-refractivity contribution is 9.10. The Morgan fingerprint density at radius 3 is 2.37 bits per heavy atom. The zero-order chi connectivity index (χ0) is 14.0. The molecule has 2 rings (SSSR count). The predicted octanol–water partition coefficient (Wildman–Crippen LogP) is 3.90. The van der Waals surface area contributed by atoms with E-state index in [4.69, 9.17) is 5.73 Å². The maximum Gasteiger partial charge on any atom is 0.255 e. The molecule has 0 atom stereocenters. The second kappa shape index (κ2) is 5.45. The maximum atomic E-state index is 12.1. The lowest BCUT2D eigenvalue weighted by molar-refractivity contribution is 0.102. The summed E-state index contributed by atoms with van der Waals surface area (Å²) in [5.74, 6) is -0.159. The number of carbonyl (C=O) groups excluding carboxylic acids is 1. The van der Waals surface area contributed by atoms with Crippen molar-refractivity contribution < 1.29 is 4.79 Å². The van der Waals surface area contributed by atoms with Crippen LogP contribution < -0.4 is 11.1 Å². The van der Waals surface area contributed by atoms with Crippen molar-refractivity contribution in [1.82, 2.24) is 0 Å². The summed E-state index contributed by atoms with van der Waals surface area (Å²) < 4.78 is 1.06. The number of nitrogens with two attached hydrogens (primary N) is 1. The predicted molar refractivity (Wildman–Crippen MR) is 82.4 cm³/mol. The van der Waals surface area contributed by atoms with Gasteiger partial charge in [0.2, 0.25) is 0 Å². The van der Waals surface area contributed by atoms with Crippen LogP contribution in [0.25, 0.3) is 0 Å². The minimum atomic E-state index is -0.159. The molecule has 98 valence electrons. The average molecular weight is 319 g/mol. The quantitative estimate of drug-likeness (QED) is 0.825. The van der Waals surface area contributed by atoms with Crippen LogP contribution in [0.1, 0.15) is 21.5 Å². The van der Waals surface area contributed by atoms with Gasteiger partial charge in [-0.3, -0.25) is 4.79 Å². The van der Waals surface area contributed by atoms with Gasteiger partial charge in [-0.2, -0.15) is 0 Å². The van der Waals surface area contributed by atoms with Gasteiger partial charge in [-0.05, 0) is 55.3 Å². The van der Waals surface area contributed by atoms with Gasteiger partial charge in [0.1, 0.15) is 0 Å². The van der Waals surface area contributed by atoms with E-state index in [1.165, 1.54) is 0 Å². The highest BCUT2D eigenvalue weighted by Gasteiger charge is 2.08. The zero-order valence-electron chi connectivity index (χ0n) is 10.8. The first-order valence-electron chi connectivity index (χ1n) is 5.91. The lowest BCUT2D eigenvalue weighted by atomic mass is 10.1. The van der Waals surface area contributed by atoms with Crippen molar-refractivity contribution in [3.63, 3.8) is 0 Å². The fourth-order valence-electron chi connectivity index (χ4n) is 1.90. The molecule has 0 heterocycles. The Hall–Kier alpha value is -1.81. The first-order valence-corrected chi connectivity index (χ1v) is 6.70. The normalized spacial score (nSPS) is 10.3. The van der Waals surface area contributed by atoms with Gasteiger partial charge in [0.05, 0.1) is 0 Å². The highest BCUT2D eigenvalue weighted by Crippen LogP contribution is 2.25. The Bertz CT molecular complexity index is 615. The van der Waals surface area contributed by atoms with Crippen LogP contribution in [0.3, 0.4) is 0 Å². The SMILES string of the molecule is Cc1cc(NC(=O)c2cccc(N)c2)cc(C)c1Br. The van der Waals surface area contributed by atoms with E-state index in [2.05, 4.69) is 21.2 Å². The molecule has 2 aromatic carbocycles. The van der Waals surface area contributed by atoms with Crippen LogP contribution in [0.4, 0.5) is 11.4 Å². The number of aryl methyl sites for hydroxylation is 2. The number of nitrogens with one attached hydrogen (secondary N) is 1. The van der Waals surface area contributed by atoms with Crippen molar-refractivity contribution in [2.45, 2.75) is 13.8 Å². The molecule has 3 N–H and O–H groups in total. The Morgan fingerprint density at radius 2 is 1.79 bits per heavy atom. The van der Waals surface area contributed by atoms with Crippen molar-refractivity contribution in [3.8, 4) is 0 Å². The molecule has 0 radical (unpaired) electrons. The molecule has 19 heavy (non-hydrogen) atoms. The van der Waals surface area contributed by atoms with Gasteiger partial charge >= 0.3 is 0 Å². The molecule has 0 saturated heterocycles. The van der Waals surface area contributed by atoms with Gasteiger partial charge in [0.15, 0.2) is 0 Å². The van der Waals surface area contributed by atoms with Crippen molar-refractivity contribution in [1.29, 1.82) is 0 Å². The average Bonchev–Trinajstić information content (AvgIpc) is 2.36. The Morgan fingerprint density at radius 1 is 1.16 bits per heavy atom. The summed E-state index contributed by atoms with van der Waals surface area (Å²) in [6.45, 7) is 3.99. The van der Waals surface area contributed by atoms with Gasteiger partial charge in [-0.25, -0.2) is 0 Å². The topological polar surface area (TPSA) is 55.1 Å². The molecule has 0 aliphatic rings. The molecule has 4 heteroatoms. The summed E-state index contributed by atoms with van der Waals surface area (Å²) >= 11 is 3.50. The highest BCUT2D eigenvalue weighted by atomic mass is 79.9. The molecule has 0 aliphatic heterocycles. The number of hydrogen-bond acceptors (Lipinski definition) is 2. The summed E-state index contributed by atoms with van der Waals surface area (Å²) in [5.41, 5.74) is 9.76. The van der Waals surface area contributed by atoms with Crippen LogP contribution in [0, 0.1) is 13.8 Å². The molecule has 0 saturated carbocycles.